The number of amides is 1. The second-order valence-electron chi connectivity index (χ2n) is 3.97. The first-order valence-corrected chi connectivity index (χ1v) is 5.67. The van der Waals surface area contributed by atoms with E-state index in [9.17, 15) is 4.79 Å². The molecule has 1 saturated carbocycles. The van der Waals surface area contributed by atoms with Gasteiger partial charge in [-0.3, -0.25) is 4.79 Å². The molecule has 1 aromatic rings. The maximum absolute atomic E-state index is 11.4. The van der Waals surface area contributed by atoms with Crippen molar-refractivity contribution in [3.63, 3.8) is 0 Å². The number of nitrogens with zero attached hydrogens (tertiary/aromatic N) is 2. The molecule has 1 fully saturated rings. The van der Waals surface area contributed by atoms with Crippen LogP contribution < -0.4 is 15.4 Å². The predicted octanol–water partition coefficient (Wildman–Crippen LogP) is 0.566. The van der Waals surface area contributed by atoms with Crippen molar-refractivity contribution in [3.05, 3.63) is 12.4 Å². The van der Waals surface area contributed by atoms with E-state index in [1.54, 1.807) is 19.5 Å². The zero-order chi connectivity index (χ0) is 12.1. The van der Waals surface area contributed by atoms with Crippen LogP contribution in [0.3, 0.4) is 0 Å². The fourth-order valence-corrected chi connectivity index (χ4v) is 1.33. The Morgan fingerprint density at radius 2 is 2.18 bits per heavy atom. The van der Waals surface area contributed by atoms with Gasteiger partial charge < -0.3 is 15.4 Å². The van der Waals surface area contributed by atoms with Gasteiger partial charge in [0.2, 0.25) is 11.9 Å². The molecule has 2 N–H and O–H groups in total. The molecule has 0 aliphatic heterocycles. The van der Waals surface area contributed by atoms with E-state index < -0.39 is 0 Å². The number of carbonyl (C=O) groups is 1. The lowest BCUT2D eigenvalue weighted by atomic mass is 10.4. The topological polar surface area (TPSA) is 76.1 Å². The second-order valence-corrected chi connectivity index (χ2v) is 3.97. The van der Waals surface area contributed by atoms with Crippen molar-refractivity contribution in [3.8, 4) is 5.75 Å². The second kappa shape index (κ2) is 5.47. The van der Waals surface area contributed by atoms with E-state index in [2.05, 4.69) is 20.6 Å². The minimum absolute atomic E-state index is 0.0773. The van der Waals surface area contributed by atoms with Crippen molar-refractivity contribution in [2.24, 2.45) is 0 Å². The zero-order valence-corrected chi connectivity index (χ0v) is 9.77. The SMILES string of the molecule is COc1cnc(NCCC(=O)NC2CC2)nc1. The lowest BCUT2D eigenvalue weighted by molar-refractivity contribution is -0.120. The Morgan fingerprint density at radius 3 is 2.76 bits per heavy atom. The van der Waals surface area contributed by atoms with Crippen LogP contribution in [0.5, 0.6) is 5.75 Å². The first kappa shape index (κ1) is 11.6. The maximum Gasteiger partial charge on any atom is 0.222 e. The lowest BCUT2D eigenvalue weighted by Gasteiger charge is -2.05. The molecule has 0 saturated heterocycles. The van der Waals surface area contributed by atoms with Crippen LogP contribution in [0.1, 0.15) is 19.3 Å². The Balaban J connectivity index is 1.67. The van der Waals surface area contributed by atoms with Crippen LogP contribution >= 0.6 is 0 Å². The summed E-state index contributed by atoms with van der Waals surface area (Å²) in [7, 11) is 1.56. The molecule has 2 rings (SSSR count). The van der Waals surface area contributed by atoms with Gasteiger partial charge in [0.1, 0.15) is 0 Å². The Labute approximate surface area is 99.8 Å². The third-order valence-corrected chi connectivity index (χ3v) is 2.44. The van der Waals surface area contributed by atoms with Gasteiger partial charge in [-0.15, -0.1) is 0 Å². The summed E-state index contributed by atoms with van der Waals surface area (Å²) in [4.78, 5) is 19.5. The van der Waals surface area contributed by atoms with Crippen LogP contribution in [0.25, 0.3) is 0 Å². The Hall–Kier alpha value is -1.85. The monoisotopic (exact) mass is 236 g/mol. The number of ether oxygens (including phenoxy) is 1. The van der Waals surface area contributed by atoms with Crippen LogP contribution in [-0.2, 0) is 4.79 Å². The number of carbonyl (C=O) groups excluding carboxylic acids is 1. The highest BCUT2D eigenvalue weighted by molar-refractivity contribution is 5.77. The highest BCUT2D eigenvalue weighted by Gasteiger charge is 2.22. The van der Waals surface area contributed by atoms with Crippen molar-refractivity contribution in [2.75, 3.05) is 19.0 Å². The van der Waals surface area contributed by atoms with Crippen LogP contribution in [0, 0.1) is 0 Å². The van der Waals surface area contributed by atoms with Gasteiger partial charge in [-0.2, -0.15) is 0 Å². The van der Waals surface area contributed by atoms with Gasteiger partial charge in [0.25, 0.3) is 0 Å². The quantitative estimate of drug-likeness (QED) is 0.755. The molecular formula is C11H16N4O2. The standard InChI is InChI=1S/C11H16N4O2/c1-17-9-6-13-11(14-7-9)12-5-4-10(16)15-8-2-3-8/h6-8H,2-5H2,1H3,(H,15,16)(H,12,13,14). The van der Waals surface area contributed by atoms with Crippen molar-refractivity contribution >= 4 is 11.9 Å². The molecule has 0 aromatic carbocycles. The third kappa shape index (κ3) is 3.90. The fourth-order valence-electron chi connectivity index (χ4n) is 1.33. The maximum atomic E-state index is 11.4. The third-order valence-electron chi connectivity index (χ3n) is 2.44. The van der Waals surface area contributed by atoms with Crippen LogP contribution in [0.2, 0.25) is 0 Å². The number of hydrogen-bond acceptors (Lipinski definition) is 5. The molecular weight excluding hydrogens is 220 g/mol. The Kier molecular flexibility index (Phi) is 3.74. The Bertz CT molecular complexity index is 376. The van der Waals surface area contributed by atoms with Gasteiger partial charge in [0.15, 0.2) is 5.75 Å². The number of methoxy groups -OCH3 is 1. The molecule has 1 aliphatic carbocycles. The molecule has 0 unspecified atom stereocenters. The first-order chi connectivity index (χ1) is 8.28. The number of hydrogen-bond donors (Lipinski definition) is 2. The molecule has 0 atom stereocenters. The summed E-state index contributed by atoms with van der Waals surface area (Å²) < 4.78 is 4.95. The summed E-state index contributed by atoms with van der Waals surface area (Å²) in [6.45, 7) is 0.533. The molecule has 0 radical (unpaired) electrons. The highest BCUT2D eigenvalue weighted by atomic mass is 16.5. The summed E-state index contributed by atoms with van der Waals surface area (Å²) in [6, 6.07) is 0.416. The van der Waals surface area contributed by atoms with Gasteiger partial charge in [-0.1, -0.05) is 0 Å². The van der Waals surface area contributed by atoms with Crippen molar-refractivity contribution in [1.82, 2.24) is 15.3 Å². The summed E-state index contributed by atoms with van der Waals surface area (Å²) in [5.74, 6) is 1.19. The molecule has 1 aliphatic rings. The molecule has 6 nitrogen and oxygen atoms in total. The normalized spacial score (nSPS) is 14.2. The summed E-state index contributed by atoms with van der Waals surface area (Å²) >= 11 is 0. The number of aromatic nitrogens is 2. The molecule has 0 spiro atoms. The van der Waals surface area contributed by atoms with Crippen molar-refractivity contribution in [2.45, 2.75) is 25.3 Å². The molecule has 0 bridgehead atoms. The average Bonchev–Trinajstić information content (AvgIpc) is 3.14. The van der Waals surface area contributed by atoms with E-state index in [0.717, 1.165) is 12.8 Å². The summed E-state index contributed by atoms with van der Waals surface area (Å²) in [6.07, 6.45) is 5.83. The average molecular weight is 236 g/mol. The van der Waals surface area contributed by atoms with Crippen molar-refractivity contribution < 1.29 is 9.53 Å². The van der Waals surface area contributed by atoms with Crippen molar-refractivity contribution in [1.29, 1.82) is 0 Å². The van der Waals surface area contributed by atoms with E-state index in [0.29, 0.717) is 30.7 Å². The van der Waals surface area contributed by atoms with Gasteiger partial charge in [0, 0.05) is 19.0 Å². The molecule has 1 heterocycles. The first-order valence-electron chi connectivity index (χ1n) is 5.67. The predicted molar refractivity (Wildman–Crippen MR) is 62.9 cm³/mol. The molecule has 6 heteroatoms. The smallest absolute Gasteiger partial charge is 0.222 e. The molecule has 92 valence electrons. The summed E-state index contributed by atoms with van der Waals surface area (Å²) in [5.41, 5.74) is 0. The van der Waals surface area contributed by atoms with Crippen LogP contribution in [0.4, 0.5) is 5.95 Å². The lowest BCUT2D eigenvalue weighted by Crippen LogP contribution is -2.27. The van der Waals surface area contributed by atoms with E-state index in [-0.39, 0.29) is 5.91 Å². The van der Waals surface area contributed by atoms with Gasteiger partial charge in [-0.25, -0.2) is 9.97 Å². The molecule has 1 aromatic heterocycles. The van der Waals surface area contributed by atoms with E-state index in [1.165, 1.54) is 0 Å². The largest absolute Gasteiger partial charge is 0.494 e. The summed E-state index contributed by atoms with van der Waals surface area (Å²) in [5, 5.41) is 5.90. The Morgan fingerprint density at radius 1 is 1.47 bits per heavy atom. The van der Waals surface area contributed by atoms with E-state index >= 15 is 0 Å². The zero-order valence-electron chi connectivity index (χ0n) is 9.77. The fraction of sp³-hybridized carbons (Fsp3) is 0.545. The number of nitrogens with one attached hydrogen (secondary N) is 2. The minimum Gasteiger partial charge on any atom is -0.494 e. The van der Waals surface area contributed by atoms with Crippen LogP contribution in [-0.4, -0.2) is 35.6 Å². The van der Waals surface area contributed by atoms with E-state index in [1.807, 2.05) is 0 Å². The number of rotatable bonds is 6. The van der Waals surface area contributed by atoms with Gasteiger partial charge in [-0.05, 0) is 12.8 Å². The van der Waals surface area contributed by atoms with Gasteiger partial charge >= 0.3 is 0 Å². The van der Waals surface area contributed by atoms with Gasteiger partial charge in [0.05, 0.1) is 19.5 Å². The number of anilines is 1. The minimum atomic E-state index is 0.0773. The van der Waals surface area contributed by atoms with E-state index in [4.69, 9.17) is 4.74 Å². The van der Waals surface area contributed by atoms with Crippen LogP contribution in [0.15, 0.2) is 12.4 Å². The molecule has 17 heavy (non-hydrogen) atoms. The molecule has 1 amide bonds. The highest BCUT2D eigenvalue weighted by Crippen LogP contribution is 2.18.